The predicted octanol–water partition coefficient (Wildman–Crippen LogP) is 3.33. The summed E-state index contributed by atoms with van der Waals surface area (Å²) in [6, 6.07) is 6.76. The monoisotopic (exact) mass is 339 g/mol. The van der Waals surface area contributed by atoms with Crippen LogP contribution in [0.15, 0.2) is 29.6 Å². The molecule has 3 nitrogen and oxygen atoms in total. The second kappa shape index (κ2) is 7.48. The van der Waals surface area contributed by atoms with Gasteiger partial charge in [-0.3, -0.25) is 4.79 Å². The Kier molecular flexibility index (Phi) is 5.66. The molecular formula is C15H11Cl2NO2S. The van der Waals surface area contributed by atoms with E-state index in [-0.39, 0.29) is 18.1 Å². The van der Waals surface area contributed by atoms with Crippen LogP contribution in [-0.4, -0.2) is 17.6 Å². The number of halogens is 2. The molecule has 21 heavy (non-hydrogen) atoms. The molecule has 0 aliphatic carbocycles. The van der Waals surface area contributed by atoms with Crippen molar-refractivity contribution in [3.8, 4) is 11.8 Å². The molecule has 0 aliphatic heterocycles. The summed E-state index contributed by atoms with van der Waals surface area (Å²) in [4.78, 5) is 13.1. The highest BCUT2D eigenvalue weighted by molar-refractivity contribution is 7.10. The van der Waals surface area contributed by atoms with Crippen LogP contribution in [0.5, 0.6) is 0 Å². The molecular weight excluding hydrogens is 329 g/mol. The molecule has 1 aromatic heterocycles. The largest absolute Gasteiger partial charge is 0.384 e. The Balaban J connectivity index is 2.10. The molecule has 0 radical (unpaired) electrons. The Morgan fingerprint density at radius 2 is 2.00 bits per heavy atom. The van der Waals surface area contributed by atoms with Gasteiger partial charge >= 0.3 is 0 Å². The maximum absolute atomic E-state index is 12.2. The average molecular weight is 340 g/mol. The number of nitrogens with one attached hydrogen (secondary N) is 1. The zero-order valence-corrected chi connectivity index (χ0v) is 13.1. The number of hydrogen-bond donors (Lipinski definition) is 2. The molecule has 2 aromatic rings. The van der Waals surface area contributed by atoms with Crippen molar-refractivity contribution >= 4 is 40.4 Å². The van der Waals surface area contributed by atoms with Crippen molar-refractivity contribution in [3.05, 3.63) is 55.7 Å². The van der Waals surface area contributed by atoms with Crippen LogP contribution in [0.2, 0.25) is 10.0 Å². The van der Waals surface area contributed by atoms with Gasteiger partial charge in [-0.1, -0.05) is 41.1 Å². The zero-order valence-electron chi connectivity index (χ0n) is 10.8. The van der Waals surface area contributed by atoms with Crippen molar-refractivity contribution < 1.29 is 9.90 Å². The first-order valence-corrected chi connectivity index (χ1v) is 7.65. The summed E-state index contributed by atoms with van der Waals surface area (Å²) in [5.74, 6) is 5.09. The van der Waals surface area contributed by atoms with Gasteiger partial charge in [0.2, 0.25) is 0 Å². The average Bonchev–Trinajstić information content (AvgIpc) is 2.90. The molecule has 6 heteroatoms. The summed E-state index contributed by atoms with van der Waals surface area (Å²) < 4.78 is 0. The summed E-state index contributed by atoms with van der Waals surface area (Å²) in [6.45, 7) is 0.129. The first-order chi connectivity index (χ1) is 10.1. The smallest absolute Gasteiger partial charge is 0.254 e. The van der Waals surface area contributed by atoms with Gasteiger partial charge in [-0.25, -0.2) is 0 Å². The zero-order chi connectivity index (χ0) is 15.2. The molecule has 2 N–H and O–H groups in total. The fourth-order valence-electron chi connectivity index (χ4n) is 1.69. The van der Waals surface area contributed by atoms with Gasteiger partial charge in [0.1, 0.15) is 6.61 Å². The standard InChI is InChI=1S/C15H11Cl2NO2S/c16-11-4-1-5-12(17)14(11)15(20)18-9-13-10(3-2-7-19)6-8-21-13/h1,4-6,8,19H,7,9H2,(H,18,20). The molecule has 1 aromatic carbocycles. The number of rotatable bonds is 3. The molecule has 2 rings (SSSR count). The maximum atomic E-state index is 12.2. The number of amides is 1. The van der Waals surface area contributed by atoms with Crippen molar-refractivity contribution in [2.24, 2.45) is 0 Å². The van der Waals surface area contributed by atoms with E-state index < -0.39 is 0 Å². The molecule has 0 bridgehead atoms. The normalized spacial score (nSPS) is 9.86. The van der Waals surface area contributed by atoms with Crippen LogP contribution >= 0.6 is 34.5 Å². The molecule has 0 saturated heterocycles. The molecule has 0 atom stereocenters. The summed E-state index contributed by atoms with van der Waals surface area (Å²) in [5.41, 5.74) is 1.06. The van der Waals surface area contributed by atoms with Crippen molar-refractivity contribution in [3.63, 3.8) is 0 Å². The molecule has 1 heterocycles. The first-order valence-electron chi connectivity index (χ1n) is 6.01. The van der Waals surface area contributed by atoms with E-state index in [0.29, 0.717) is 16.6 Å². The maximum Gasteiger partial charge on any atom is 0.254 e. The van der Waals surface area contributed by atoms with Gasteiger partial charge in [0.15, 0.2) is 0 Å². The molecule has 0 fully saturated rings. The van der Waals surface area contributed by atoms with E-state index in [9.17, 15) is 4.79 Å². The molecule has 0 spiro atoms. The Labute approximate surface area is 136 Å². The van der Waals surface area contributed by atoms with Crippen molar-refractivity contribution in [1.29, 1.82) is 0 Å². The van der Waals surface area contributed by atoms with Crippen LogP contribution in [0.3, 0.4) is 0 Å². The fourth-order valence-corrected chi connectivity index (χ4v) is 3.03. The van der Waals surface area contributed by atoms with E-state index in [2.05, 4.69) is 17.2 Å². The van der Waals surface area contributed by atoms with Gasteiger partial charge in [-0.2, -0.15) is 0 Å². The van der Waals surface area contributed by atoms with Gasteiger partial charge in [0, 0.05) is 10.4 Å². The van der Waals surface area contributed by atoms with Gasteiger partial charge < -0.3 is 10.4 Å². The number of thiophene rings is 1. The SMILES string of the molecule is O=C(NCc1sccc1C#CCO)c1c(Cl)cccc1Cl. The van der Waals surface area contributed by atoms with Gasteiger partial charge in [0.25, 0.3) is 5.91 Å². The second-order valence-electron chi connectivity index (χ2n) is 4.00. The van der Waals surface area contributed by atoms with Crippen LogP contribution in [0.25, 0.3) is 0 Å². The quantitative estimate of drug-likeness (QED) is 0.842. The summed E-state index contributed by atoms with van der Waals surface area (Å²) >= 11 is 13.5. The highest BCUT2D eigenvalue weighted by Crippen LogP contribution is 2.24. The van der Waals surface area contributed by atoms with Crippen molar-refractivity contribution in [2.75, 3.05) is 6.61 Å². The van der Waals surface area contributed by atoms with Crippen molar-refractivity contribution in [1.82, 2.24) is 5.32 Å². The topological polar surface area (TPSA) is 49.3 Å². The lowest BCUT2D eigenvalue weighted by Gasteiger charge is -2.07. The third-order valence-electron chi connectivity index (χ3n) is 2.65. The summed E-state index contributed by atoms with van der Waals surface area (Å²) in [6.07, 6.45) is 0. The van der Waals surface area contributed by atoms with Crippen LogP contribution < -0.4 is 5.32 Å². The minimum absolute atomic E-state index is 0.198. The molecule has 0 saturated carbocycles. The Hall–Kier alpha value is -1.51. The minimum Gasteiger partial charge on any atom is -0.384 e. The number of aliphatic hydroxyl groups is 1. The van der Waals surface area contributed by atoms with E-state index in [1.807, 2.05) is 11.4 Å². The molecule has 0 unspecified atom stereocenters. The van der Waals surface area contributed by atoms with Gasteiger partial charge in [-0.05, 0) is 23.6 Å². The Morgan fingerprint density at radius 3 is 2.67 bits per heavy atom. The number of carbonyl (C=O) groups is 1. The minimum atomic E-state index is -0.333. The number of benzene rings is 1. The summed E-state index contributed by atoms with van der Waals surface area (Å²) in [7, 11) is 0. The van der Waals surface area contributed by atoms with Crippen LogP contribution in [0, 0.1) is 11.8 Å². The van der Waals surface area contributed by atoms with E-state index in [4.69, 9.17) is 28.3 Å². The van der Waals surface area contributed by atoms with E-state index >= 15 is 0 Å². The van der Waals surface area contributed by atoms with E-state index in [1.54, 1.807) is 18.2 Å². The van der Waals surface area contributed by atoms with Crippen molar-refractivity contribution in [2.45, 2.75) is 6.54 Å². The Bertz CT molecular complexity index is 696. The lowest BCUT2D eigenvalue weighted by molar-refractivity contribution is 0.0951. The van der Waals surface area contributed by atoms with Crippen LogP contribution in [-0.2, 0) is 6.54 Å². The molecule has 1 amide bonds. The van der Waals surface area contributed by atoms with Gasteiger partial charge in [0.05, 0.1) is 22.2 Å². The van der Waals surface area contributed by atoms with E-state index in [0.717, 1.165) is 10.4 Å². The number of hydrogen-bond acceptors (Lipinski definition) is 3. The highest BCUT2D eigenvalue weighted by Gasteiger charge is 2.14. The Morgan fingerprint density at radius 1 is 1.29 bits per heavy atom. The number of aliphatic hydroxyl groups excluding tert-OH is 1. The third-order valence-corrected chi connectivity index (χ3v) is 4.20. The van der Waals surface area contributed by atoms with Gasteiger partial charge in [-0.15, -0.1) is 11.3 Å². The van der Waals surface area contributed by atoms with Crippen LogP contribution in [0.1, 0.15) is 20.8 Å². The first kappa shape index (κ1) is 15.9. The third kappa shape index (κ3) is 3.99. The predicted molar refractivity (Wildman–Crippen MR) is 85.9 cm³/mol. The molecule has 108 valence electrons. The summed E-state index contributed by atoms with van der Waals surface area (Å²) in [5, 5.41) is 14.0. The molecule has 0 aliphatic rings. The fraction of sp³-hybridized carbons (Fsp3) is 0.133. The second-order valence-corrected chi connectivity index (χ2v) is 5.81. The van der Waals surface area contributed by atoms with E-state index in [1.165, 1.54) is 11.3 Å². The number of carbonyl (C=O) groups excluding carboxylic acids is 1. The lowest BCUT2D eigenvalue weighted by atomic mass is 10.2. The lowest BCUT2D eigenvalue weighted by Crippen LogP contribution is -2.23. The highest BCUT2D eigenvalue weighted by atomic mass is 35.5. The van der Waals surface area contributed by atoms with Crippen LogP contribution in [0.4, 0.5) is 0 Å².